The van der Waals surface area contributed by atoms with E-state index in [1.54, 1.807) is 51.5 Å². The number of rotatable bonds is 28. The zero-order valence-electron chi connectivity index (χ0n) is 71.1. The van der Waals surface area contributed by atoms with Crippen LogP contribution >= 0.6 is 14.7 Å². The topological polar surface area (TPSA) is 199 Å². The van der Waals surface area contributed by atoms with Crippen molar-refractivity contribution < 1.29 is 32.6 Å². The highest BCUT2D eigenvalue weighted by Crippen LogP contribution is 2.46. The quantitative estimate of drug-likeness (QED) is 0.0152. The van der Waals surface area contributed by atoms with Crippen molar-refractivity contribution in [1.29, 1.82) is 21.0 Å². The molecule has 5 aromatic rings. The minimum atomic E-state index is -2.66. The normalized spacial score (nSPS) is 16.3. The van der Waals surface area contributed by atoms with E-state index >= 15 is 0 Å². The minimum absolute atomic E-state index is 0. The Hall–Kier alpha value is -11.5. The molecule has 5 aliphatic carbocycles. The number of allylic oxidation sites excluding steroid dienone is 38. The molecule has 121 heavy (non-hydrogen) atoms. The van der Waals surface area contributed by atoms with Gasteiger partial charge < -0.3 is 9.05 Å². The Balaban J connectivity index is 0.000000486. The van der Waals surface area contributed by atoms with E-state index in [0.29, 0.717) is 25.5 Å². The number of nitriles is 4. The van der Waals surface area contributed by atoms with Crippen molar-refractivity contribution in [2.75, 3.05) is 38.9 Å². The van der Waals surface area contributed by atoms with E-state index < -0.39 is 14.7 Å². The van der Waals surface area contributed by atoms with Crippen molar-refractivity contribution in [3.8, 4) is 24.3 Å². The van der Waals surface area contributed by atoms with Crippen molar-refractivity contribution in [3.63, 3.8) is 0 Å². The van der Waals surface area contributed by atoms with Gasteiger partial charge in [-0.1, -0.05) is 310 Å². The van der Waals surface area contributed by atoms with Crippen LogP contribution in [0.1, 0.15) is 206 Å². The fourth-order valence-electron chi connectivity index (χ4n) is 12.9. The summed E-state index contributed by atoms with van der Waals surface area (Å²) in [5.41, 5.74) is 19.9. The second-order valence-electron chi connectivity index (χ2n) is 29.0. The van der Waals surface area contributed by atoms with Gasteiger partial charge in [0, 0.05) is 43.8 Å². The van der Waals surface area contributed by atoms with Gasteiger partial charge in [-0.15, -0.1) is 0 Å². The number of hydrogen-bond acceptors (Lipinski definition) is 11. The van der Waals surface area contributed by atoms with Gasteiger partial charge in [-0.05, 0) is 248 Å². The van der Waals surface area contributed by atoms with Crippen LogP contribution in [-0.2, 0) is 32.6 Å². The third-order valence-electron chi connectivity index (χ3n) is 19.0. The third-order valence-corrected chi connectivity index (χ3v) is 22.6. The molecule has 0 aromatic heterocycles. The Labute approximate surface area is 727 Å². The van der Waals surface area contributed by atoms with Gasteiger partial charge in [-0.25, -0.2) is 0 Å². The first-order chi connectivity index (χ1) is 57.9. The predicted octanol–water partition coefficient (Wildman–Crippen LogP) is 29.9. The van der Waals surface area contributed by atoms with Crippen LogP contribution in [0.5, 0.6) is 0 Å². The summed E-state index contributed by atoms with van der Waals surface area (Å²) in [6, 6.07) is 58.3. The van der Waals surface area contributed by atoms with E-state index in [1.165, 1.54) is 159 Å². The fraction of sp³-hybridized carbons (Fsp3) is 0.306. The SMILES string of the molecule is C.C.CC(/C=C/C=C(/C=C/C1=CCCCC1)c1ccccc1)=C\C#N.CC(/C=C/C=C(/C=C/C1=CCCCC1)c1ccccc1)=C\C=O.CCOP(C)(=O)C/C(=C/C#N)c1ccccc1.CCOP(C)(=O)C/C(C)=C/C#N.N#C/C=C(/C=C/C1=CCCCC1)c1ccccc1.O=C/C=C(/C=C/C1=CCCCC1)c1ccccc1.O=CC1=CCCCC1. The van der Waals surface area contributed by atoms with Crippen LogP contribution in [0.25, 0.3) is 27.9 Å². The molecule has 13 heteroatoms. The van der Waals surface area contributed by atoms with Gasteiger partial charge in [0.2, 0.25) is 14.7 Å². The first-order valence-corrected chi connectivity index (χ1v) is 46.1. The first kappa shape index (κ1) is 106. The summed E-state index contributed by atoms with van der Waals surface area (Å²) in [6.07, 6.45) is 77.5. The molecule has 5 aliphatic rings. The lowest BCUT2D eigenvalue weighted by Crippen LogP contribution is -1.97. The Kier molecular flexibility index (Phi) is 57.9. The zero-order chi connectivity index (χ0) is 86.1. The Bertz CT molecular complexity index is 4840. The maximum absolute atomic E-state index is 12.1. The molecule has 2 atom stereocenters. The summed E-state index contributed by atoms with van der Waals surface area (Å²) in [7, 11) is -5.16. The Morgan fingerprint density at radius 1 is 0.355 bits per heavy atom. The maximum atomic E-state index is 12.1. The molecular formula is C108H130N4O7P2. The first-order valence-electron chi connectivity index (χ1n) is 41.6. The van der Waals surface area contributed by atoms with Crippen molar-refractivity contribution in [2.45, 2.75) is 178 Å². The van der Waals surface area contributed by atoms with Gasteiger partial charge in [0.25, 0.3) is 0 Å². The third kappa shape index (κ3) is 49.0. The number of aldehydes is 3. The number of hydrogen-bond donors (Lipinski definition) is 0. The van der Waals surface area contributed by atoms with Crippen LogP contribution in [0.15, 0.2) is 348 Å². The highest BCUT2D eigenvalue weighted by molar-refractivity contribution is 7.58. The average molecular weight is 1660 g/mol. The standard InChI is InChI=1S/C22H23N.C22H24O.C17H17N.C17H18O.C13H16NO2P.C8H14NO2P.C7H10O.2CH4/c2*1-19(17-18-23)9-8-14-22(21-12-6-3-7-13-21)16-15-20-10-4-2-5-11-20;2*18-14-13-17(16-9-5-2-6-10-16)12-11-15-7-3-1-4-8-15;1-3-16-17(2,15)11-13(9-10-14)12-7-5-4-6-8-12;1-4-11-12(3,10)7-8(2)5-6-9;8-6-7-4-2-1-3-5-7;;/h3,6-10,12-17H,2,4-5,11H2,1H3;3,6-10,12-18H,2,4-5,11H2,1H3;2,5-7,9-13H,1,3-4,8H2;2,5-7,9-14H,1,3-4,8H2;4-9H,3,11H2,1-2H3;5H,4,7H2,1-3H3;4,6H,1-3,5H2;2*1H4/b2*9-8+,16-15+,19-17+,22-14-;2*12-11+,17-13-;13-9-;8-5+;;;. The van der Waals surface area contributed by atoms with Gasteiger partial charge in [0.05, 0.1) is 43.7 Å². The molecule has 0 spiro atoms. The number of carbonyl (C=O) groups is 3. The lowest BCUT2D eigenvalue weighted by Gasteiger charge is -2.14. The second-order valence-corrected chi connectivity index (χ2v) is 34.2. The fourth-order valence-corrected chi connectivity index (χ4v) is 16.0. The number of benzene rings is 5. The molecule has 10 rings (SSSR count). The molecule has 0 amide bonds. The Morgan fingerprint density at radius 2 is 0.661 bits per heavy atom. The average Bonchev–Trinajstić information content (AvgIpc) is 0.802. The van der Waals surface area contributed by atoms with Crippen LogP contribution in [-0.4, -0.2) is 57.7 Å². The molecule has 0 saturated carbocycles. The van der Waals surface area contributed by atoms with Crippen molar-refractivity contribution in [2.24, 2.45) is 0 Å². The molecule has 0 radical (unpaired) electrons. The summed E-state index contributed by atoms with van der Waals surface area (Å²) in [4.78, 5) is 31.3. The lowest BCUT2D eigenvalue weighted by molar-refractivity contribution is -0.105. The lowest BCUT2D eigenvalue weighted by atomic mass is 9.97. The molecule has 0 bridgehead atoms. The highest BCUT2D eigenvalue weighted by atomic mass is 31.2. The van der Waals surface area contributed by atoms with Crippen LogP contribution in [0.2, 0.25) is 0 Å². The summed E-state index contributed by atoms with van der Waals surface area (Å²) in [6.45, 7) is 13.3. The van der Waals surface area contributed by atoms with Gasteiger partial charge in [-0.3, -0.25) is 23.5 Å². The van der Waals surface area contributed by atoms with Crippen LogP contribution < -0.4 is 0 Å². The van der Waals surface area contributed by atoms with Crippen molar-refractivity contribution in [3.05, 3.63) is 376 Å². The highest BCUT2D eigenvalue weighted by Gasteiger charge is 2.19. The van der Waals surface area contributed by atoms with E-state index in [2.05, 4.69) is 140 Å². The van der Waals surface area contributed by atoms with E-state index in [9.17, 15) is 23.5 Å². The van der Waals surface area contributed by atoms with Gasteiger partial charge in [0.15, 0.2) is 0 Å². The van der Waals surface area contributed by atoms with Crippen LogP contribution in [0.4, 0.5) is 0 Å². The van der Waals surface area contributed by atoms with E-state index in [4.69, 9.17) is 30.1 Å². The molecule has 0 heterocycles. The molecule has 0 fully saturated rings. The predicted molar refractivity (Wildman–Crippen MR) is 515 cm³/mol. The van der Waals surface area contributed by atoms with E-state index in [-0.39, 0.29) is 14.9 Å². The molecule has 0 aliphatic heterocycles. The summed E-state index contributed by atoms with van der Waals surface area (Å²) in [5.74, 6) is 0. The zero-order valence-corrected chi connectivity index (χ0v) is 72.9. The monoisotopic (exact) mass is 1660 g/mol. The smallest absolute Gasteiger partial charge is 0.204 e. The van der Waals surface area contributed by atoms with E-state index in [0.717, 1.165) is 100 Å². The molecule has 11 nitrogen and oxygen atoms in total. The molecule has 5 aromatic carbocycles. The van der Waals surface area contributed by atoms with Gasteiger partial charge in [-0.2, -0.15) is 21.0 Å². The molecule has 0 saturated heterocycles. The molecule has 0 N–H and O–H groups in total. The summed E-state index contributed by atoms with van der Waals surface area (Å²) < 4.78 is 33.9. The Morgan fingerprint density at radius 3 is 0.967 bits per heavy atom. The van der Waals surface area contributed by atoms with Crippen molar-refractivity contribution in [1.82, 2.24) is 0 Å². The largest absolute Gasteiger partial charge is 0.329 e. The number of carbonyl (C=O) groups excluding carboxylic acids is 3. The molecular weight excluding hydrogens is 1530 g/mol. The summed E-state index contributed by atoms with van der Waals surface area (Å²) in [5, 5.41) is 34.6. The van der Waals surface area contributed by atoms with Crippen LogP contribution in [0.3, 0.4) is 0 Å². The number of nitrogens with zero attached hydrogens (tertiary/aromatic N) is 4. The van der Waals surface area contributed by atoms with Crippen molar-refractivity contribution >= 4 is 61.5 Å². The second kappa shape index (κ2) is 66.3. The van der Waals surface area contributed by atoms with Crippen LogP contribution in [0, 0.1) is 45.3 Å². The molecule has 634 valence electrons. The van der Waals surface area contributed by atoms with Gasteiger partial charge in [0.1, 0.15) is 18.9 Å². The molecule has 2 unspecified atom stereocenters. The maximum Gasteiger partial charge on any atom is 0.204 e. The summed E-state index contributed by atoms with van der Waals surface area (Å²) >= 11 is 0. The minimum Gasteiger partial charge on any atom is -0.329 e. The van der Waals surface area contributed by atoms with Gasteiger partial charge >= 0.3 is 0 Å². The van der Waals surface area contributed by atoms with E-state index in [1.807, 2.05) is 172 Å².